The van der Waals surface area contributed by atoms with Gasteiger partial charge in [0.2, 0.25) is 12.0 Å². The number of nitrogens with one attached hydrogen (secondary N) is 2. The zero-order valence-electron chi connectivity index (χ0n) is 16.2. The summed E-state index contributed by atoms with van der Waals surface area (Å²) in [6, 6.07) is 5.24. The van der Waals surface area contributed by atoms with E-state index >= 15 is 0 Å². The first kappa shape index (κ1) is 20.4. The fourth-order valence-corrected chi connectivity index (χ4v) is 3.46. The van der Waals surface area contributed by atoms with Crippen LogP contribution < -0.4 is 15.0 Å². The van der Waals surface area contributed by atoms with Crippen LogP contribution in [0.4, 0.5) is 0 Å². The third-order valence-electron chi connectivity index (χ3n) is 5.05. The predicted octanol–water partition coefficient (Wildman–Crippen LogP) is -0.295. The Bertz CT molecular complexity index is 762. The van der Waals surface area contributed by atoms with Crippen molar-refractivity contribution in [3.8, 4) is 5.75 Å². The maximum Gasteiger partial charge on any atom is 0.264 e. The van der Waals surface area contributed by atoms with Gasteiger partial charge in [-0.1, -0.05) is 16.8 Å². The van der Waals surface area contributed by atoms with Gasteiger partial charge in [0, 0.05) is 24.9 Å². The van der Waals surface area contributed by atoms with E-state index in [4.69, 9.17) is 21.2 Å². The van der Waals surface area contributed by atoms with Gasteiger partial charge in [0.25, 0.3) is 5.91 Å². The van der Waals surface area contributed by atoms with E-state index in [1.807, 2.05) is 4.90 Å². The molecule has 8 nitrogen and oxygen atoms in total. The number of benzene rings is 1. The standard InChI is InChI=1S/C19H25ClN4O4/c1-23-7-9-24(10-8-23)18(25)5-6-21-19(26)17-12-16(22-28-17)14-11-13(27-2)3-4-15(14)20/h3-4,11,17H,5-10,12H2,1-2H3,(H,21,26)/p+1/t17-/m1/s1. The minimum absolute atomic E-state index is 0.0697. The van der Waals surface area contributed by atoms with Crippen molar-refractivity contribution in [1.82, 2.24) is 10.2 Å². The number of oxime groups is 1. The molecule has 1 aromatic rings. The number of quaternary nitrogens is 1. The molecule has 152 valence electrons. The van der Waals surface area contributed by atoms with Gasteiger partial charge < -0.3 is 24.7 Å². The number of methoxy groups -OCH3 is 1. The zero-order chi connectivity index (χ0) is 20.1. The molecule has 0 spiro atoms. The molecule has 2 aliphatic rings. The van der Waals surface area contributed by atoms with Crippen LogP contribution in [-0.2, 0) is 14.4 Å². The number of nitrogens with zero attached hydrogens (tertiary/aromatic N) is 2. The molecule has 9 heteroatoms. The van der Waals surface area contributed by atoms with Crippen molar-refractivity contribution in [3.05, 3.63) is 28.8 Å². The third kappa shape index (κ3) is 4.94. The molecular formula is C19H26ClN4O4+. The Morgan fingerprint density at radius 1 is 1.39 bits per heavy atom. The van der Waals surface area contributed by atoms with Crippen LogP contribution in [0.3, 0.4) is 0 Å². The molecule has 1 aromatic carbocycles. The van der Waals surface area contributed by atoms with Crippen molar-refractivity contribution in [2.75, 3.05) is 46.9 Å². The minimum atomic E-state index is -0.723. The molecule has 0 saturated carbocycles. The normalized spacial score (nSPS) is 19.8. The Kier molecular flexibility index (Phi) is 6.74. The Balaban J connectivity index is 1.45. The van der Waals surface area contributed by atoms with Crippen molar-refractivity contribution in [2.45, 2.75) is 18.9 Å². The average Bonchev–Trinajstić information content (AvgIpc) is 3.19. The molecule has 2 N–H and O–H groups in total. The molecule has 0 bridgehead atoms. The number of ether oxygens (including phenoxy) is 1. The van der Waals surface area contributed by atoms with E-state index in [1.54, 1.807) is 25.3 Å². The summed E-state index contributed by atoms with van der Waals surface area (Å²) in [5, 5.41) is 7.29. The molecule has 1 fully saturated rings. The van der Waals surface area contributed by atoms with Crippen molar-refractivity contribution in [2.24, 2.45) is 5.16 Å². The molecule has 0 unspecified atom stereocenters. The first-order chi connectivity index (χ1) is 13.5. The Hall–Kier alpha value is -2.32. The van der Waals surface area contributed by atoms with Crippen molar-refractivity contribution >= 4 is 29.1 Å². The summed E-state index contributed by atoms with van der Waals surface area (Å²) < 4.78 is 5.20. The second-order valence-corrected chi connectivity index (χ2v) is 7.47. The van der Waals surface area contributed by atoms with E-state index in [-0.39, 0.29) is 24.8 Å². The number of carbonyl (C=O) groups is 2. The third-order valence-corrected chi connectivity index (χ3v) is 5.38. The van der Waals surface area contributed by atoms with Gasteiger partial charge in [-0.3, -0.25) is 9.59 Å². The van der Waals surface area contributed by atoms with Crippen LogP contribution in [0.2, 0.25) is 5.02 Å². The number of amides is 2. The van der Waals surface area contributed by atoms with E-state index in [9.17, 15) is 9.59 Å². The lowest BCUT2D eigenvalue weighted by Crippen LogP contribution is -3.12. The van der Waals surface area contributed by atoms with Crippen molar-refractivity contribution in [1.29, 1.82) is 0 Å². The zero-order valence-corrected chi connectivity index (χ0v) is 16.9. The molecule has 0 radical (unpaired) electrons. The highest BCUT2D eigenvalue weighted by Gasteiger charge is 2.30. The number of carbonyl (C=O) groups excluding carboxylic acids is 2. The van der Waals surface area contributed by atoms with Crippen LogP contribution in [0, 0.1) is 0 Å². The highest BCUT2D eigenvalue weighted by atomic mass is 35.5. The largest absolute Gasteiger partial charge is 0.497 e. The molecular weight excluding hydrogens is 384 g/mol. The molecule has 1 atom stereocenters. The summed E-state index contributed by atoms with van der Waals surface area (Å²) in [6.45, 7) is 3.74. The van der Waals surface area contributed by atoms with E-state index in [2.05, 4.69) is 17.5 Å². The molecule has 2 aliphatic heterocycles. The number of piperazine rings is 1. The maximum absolute atomic E-state index is 12.3. The average molecular weight is 410 g/mol. The number of likely N-dealkylation sites (N-methyl/N-ethyl adjacent to an activating group) is 1. The fourth-order valence-electron chi connectivity index (χ4n) is 3.23. The number of hydrogen-bond acceptors (Lipinski definition) is 5. The van der Waals surface area contributed by atoms with Gasteiger partial charge >= 0.3 is 0 Å². The lowest BCUT2D eigenvalue weighted by Gasteiger charge is -2.30. The van der Waals surface area contributed by atoms with E-state index < -0.39 is 6.10 Å². The molecule has 1 saturated heterocycles. The molecule has 0 aromatic heterocycles. The molecule has 2 amide bonds. The van der Waals surface area contributed by atoms with Crippen molar-refractivity contribution in [3.63, 3.8) is 0 Å². The summed E-state index contributed by atoms with van der Waals surface area (Å²) in [6.07, 6.45) is -0.125. The molecule has 0 aliphatic carbocycles. The number of hydrogen-bond donors (Lipinski definition) is 2. The monoisotopic (exact) mass is 409 g/mol. The van der Waals surface area contributed by atoms with E-state index in [0.717, 1.165) is 26.2 Å². The first-order valence-corrected chi connectivity index (χ1v) is 9.79. The highest BCUT2D eigenvalue weighted by Crippen LogP contribution is 2.26. The van der Waals surface area contributed by atoms with Crippen LogP contribution >= 0.6 is 11.6 Å². The van der Waals surface area contributed by atoms with Gasteiger partial charge in [-0.05, 0) is 18.2 Å². The van der Waals surface area contributed by atoms with Gasteiger partial charge in [0.15, 0.2) is 0 Å². The summed E-state index contributed by atoms with van der Waals surface area (Å²) in [4.78, 5) is 33.1. The Labute approximate surface area is 169 Å². The first-order valence-electron chi connectivity index (χ1n) is 9.41. The lowest BCUT2D eigenvalue weighted by atomic mass is 10.0. The Morgan fingerprint density at radius 2 is 2.14 bits per heavy atom. The van der Waals surface area contributed by atoms with E-state index in [0.29, 0.717) is 28.5 Å². The summed E-state index contributed by atoms with van der Waals surface area (Å²) >= 11 is 6.23. The number of rotatable bonds is 6. The van der Waals surface area contributed by atoms with Gasteiger partial charge in [0.1, 0.15) is 5.75 Å². The minimum Gasteiger partial charge on any atom is -0.497 e. The summed E-state index contributed by atoms with van der Waals surface area (Å²) in [5.41, 5.74) is 1.28. The van der Waals surface area contributed by atoms with Gasteiger partial charge in [0.05, 0.1) is 51.1 Å². The lowest BCUT2D eigenvalue weighted by molar-refractivity contribution is -0.883. The smallest absolute Gasteiger partial charge is 0.264 e. The summed E-state index contributed by atoms with van der Waals surface area (Å²) in [7, 11) is 3.69. The second-order valence-electron chi connectivity index (χ2n) is 7.06. The maximum atomic E-state index is 12.3. The molecule has 3 rings (SSSR count). The van der Waals surface area contributed by atoms with E-state index in [1.165, 1.54) is 4.90 Å². The fraction of sp³-hybridized carbons (Fsp3) is 0.526. The Morgan fingerprint density at radius 3 is 2.86 bits per heavy atom. The highest BCUT2D eigenvalue weighted by molar-refractivity contribution is 6.34. The van der Waals surface area contributed by atoms with Gasteiger partial charge in [-0.2, -0.15) is 0 Å². The second kappa shape index (κ2) is 9.25. The quantitative estimate of drug-likeness (QED) is 0.676. The summed E-state index contributed by atoms with van der Waals surface area (Å²) in [5.74, 6) is 0.438. The van der Waals surface area contributed by atoms with Crippen LogP contribution in [0.15, 0.2) is 23.4 Å². The van der Waals surface area contributed by atoms with Crippen LogP contribution in [-0.4, -0.2) is 75.4 Å². The topological polar surface area (TPSA) is 84.7 Å². The van der Waals surface area contributed by atoms with Gasteiger partial charge in [-0.15, -0.1) is 0 Å². The van der Waals surface area contributed by atoms with Crippen LogP contribution in [0.5, 0.6) is 5.75 Å². The van der Waals surface area contributed by atoms with Crippen LogP contribution in [0.25, 0.3) is 0 Å². The van der Waals surface area contributed by atoms with Gasteiger partial charge in [-0.25, -0.2) is 0 Å². The predicted molar refractivity (Wildman–Crippen MR) is 105 cm³/mol. The van der Waals surface area contributed by atoms with Crippen LogP contribution in [0.1, 0.15) is 18.4 Å². The van der Waals surface area contributed by atoms with Crippen molar-refractivity contribution < 1.29 is 24.1 Å². The molecule has 2 heterocycles. The SMILES string of the molecule is COc1ccc(Cl)c(C2=NO[C@@H](C(=O)NCCC(=O)N3CC[NH+](C)CC3)C2)c1. The molecule has 28 heavy (non-hydrogen) atoms. The number of halogens is 1.